The highest BCUT2D eigenvalue weighted by Gasteiger charge is 2.16. The summed E-state index contributed by atoms with van der Waals surface area (Å²) in [5, 5.41) is 11.4. The van der Waals surface area contributed by atoms with Gasteiger partial charge in [0, 0.05) is 18.0 Å². The van der Waals surface area contributed by atoms with E-state index in [2.05, 4.69) is 5.32 Å². The summed E-state index contributed by atoms with van der Waals surface area (Å²) in [5.74, 6) is 0.871. The van der Waals surface area contributed by atoms with Crippen LogP contribution in [0.25, 0.3) is 0 Å². The Morgan fingerprint density at radius 2 is 2.33 bits per heavy atom. The Kier molecular flexibility index (Phi) is 3.91. The minimum absolute atomic E-state index is 0.0773. The molecule has 2 N–H and O–H groups in total. The van der Waals surface area contributed by atoms with Gasteiger partial charge in [-0.25, -0.2) is 0 Å². The van der Waals surface area contributed by atoms with Crippen LogP contribution in [-0.2, 0) is 6.42 Å². The number of furan rings is 1. The van der Waals surface area contributed by atoms with Crippen LogP contribution < -0.4 is 5.32 Å². The second-order valence-corrected chi connectivity index (χ2v) is 3.64. The summed E-state index contributed by atoms with van der Waals surface area (Å²) in [6.45, 7) is 5.46. The molecule has 0 saturated carbocycles. The lowest BCUT2D eigenvalue weighted by Crippen LogP contribution is -2.35. The minimum atomic E-state index is -0.270. The molecule has 0 bridgehead atoms. The van der Waals surface area contributed by atoms with E-state index in [0.717, 1.165) is 17.7 Å². The van der Waals surface area contributed by atoms with Crippen molar-refractivity contribution >= 4 is 5.91 Å². The van der Waals surface area contributed by atoms with Gasteiger partial charge in [0.1, 0.15) is 5.76 Å². The summed E-state index contributed by atoms with van der Waals surface area (Å²) in [4.78, 5) is 11.6. The van der Waals surface area contributed by atoms with Gasteiger partial charge in [0.2, 0.25) is 0 Å². The Bertz CT molecular complexity index is 344. The third-order valence-corrected chi connectivity index (χ3v) is 2.17. The maximum atomic E-state index is 11.6. The van der Waals surface area contributed by atoms with Gasteiger partial charge in [-0.1, -0.05) is 6.92 Å². The smallest absolute Gasteiger partial charge is 0.287 e. The molecule has 1 amide bonds. The van der Waals surface area contributed by atoms with Crippen LogP contribution in [0.5, 0.6) is 0 Å². The molecule has 0 aromatic carbocycles. The average Bonchev–Trinajstić information content (AvgIpc) is 2.59. The van der Waals surface area contributed by atoms with E-state index in [1.807, 2.05) is 19.9 Å². The van der Waals surface area contributed by atoms with Gasteiger partial charge in [0.05, 0.1) is 6.61 Å². The normalized spacial score (nSPS) is 12.5. The molecule has 0 radical (unpaired) electrons. The van der Waals surface area contributed by atoms with Crippen LogP contribution in [0.3, 0.4) is 0 Å². The topological polar surface area (TPSA) is 62.5 Å². The molecule has 4 nitrogen and oxygen atoms in total. The quantitative estimate of drug-likeness (QED) is 0.788. The van der Waals surface area contributed by atoms with E-state index < -0.39 is 0 Å². The SMILES string of the molecule is CCc1cc(C)c(C(=O)NC(C)CO)o1. The molecule has 1 unspecified atom stereocenters. The molecular weight excluding hydrogens is 194 g/mol. The lowest BCUT2D eigenvalue weighted by molar-refractivity contribution is 0.0891. The number of hydrogen-bond acceptors (Lipinski definition) is 3. The fourth-order valence-electron chi connectivity index (χ4n) is 1.28. The van der Waals surface area contributed by atoms with E-state index in [-0.39, 0.29) is 18.6 Å². The van der Waals surface area contributed by atoms with Gasteiger partial charge in [-0.2, -0.15) is 0 Å². The zero-order valence-corrected chi connectivity index (χ0v) is 9.33. The van der Waals surface area contributed by atoms with Crippen molar-refractivity contribution in [1.82, 2.24) is 5.32 Å². The molecule has 0 saturated heterocycles. The summed E-state index contributed by atoms with van der Waals surface area (Å²) >= 11 is 0. The summed E-state index contributed by atoms with van der Waals surface area (Å²) < 4.78 is 5.38. The maximum Gasteiger partial charge on any atom is 0.287 e. The lowest BCUT2D eigenvalue weighted by atomic mass is 10.2. The van der Waals surface area contributed by atoms with Crippen molar-refractivity contribution in [1.29, 1.82) is 0 Å². The summed E-state index contributed by atoms with van der Waals surface area (Å²) in [6.07, 6.45) is 0.768. The third kappa shape index (κ3) is 2.83. The van der Waals surface area contributed by atoms with E-state index in [9.17, 15) is 4.79 Å². The standard InChI is InChI=1S/C11H17NO3/c1-4-9-5-7(2)10(15-9)11(14)12-8(3)6-13/h5,8,13H,4,6H2,1-3H3,(H,12,14). The van der Waals surface area contributed by atoms with E-state index in [1.54, 1.807) is 6.92 Å². The highest BCUT2D eigenvalue weighted by Crippen LogP contribution is 2.14. The van der Waals surface area contributed by atoms with Gasteiger partial charge in [-0.3, -0.25) is 4.79 Å². The molecule has 1 atom stereocenters. The number of aryl methyl sites for hydroxylation is 2. The van der Waals surface area contributed by atoms with Crippen LogP contribution in [0, 0.1) is 6.92 Å². The number of carbonyl (C=O) groups is 1. The van der Waals surface area contributed by atoms with Crippen LogP contribution in [0.1, 0.15) is 35.7 Å². The fraction of sp³-hybridized carbons (Fsp3) is 0.545. The largest absolute Gasteiger partial charge is 0.456 e. The summed E-state index contributed by atoms with van der Waals surface area (Å²) in [7, 11) is 0. The highest BCUT2D eigenvalue weighted by molar-refractivity contribution is 5.93. The van der Waals surface area contributed by atoms with Crippen LogP contribution in [0.2, 0.25) is 0 Å². The van der Waals surface area contributed by atoms with E-state index in [0.29, 0.717) is 5.76 Å². The van der Waals surface area contributed by atoms with E-state index in [1.165, 1.54) is 0 Å². The Labute approximate surface area is 89.3 Å². The molecule has 4 heteroatoms. The van der Waals surface area contributed by atoms with Gasteiger partial charge in [0.25, 0.3) is 5.91 Å². The second kappa shape index (κ2) is 4.98. The first-order chi connectivity index (χ1) is 7.08. The van der Waals surface area contributed by atoms with Gasteiger partial charge in [-0.05, 0) is 19.9 Å². The van der Waals surface area contributed by atoms with Crippen LogP contribution in [0.4, 0.5) is 0 Å². The molecule has 1 aromatic rings. The Morgan fingerprint density at radius 1 is 1.67 bits per heavy atom. The molecule has 0 aliphatic heterocycles. The van der Waals surface area contributed by atoms with Crippen molar-refractivity contribution < 1.29 is 14.3 Å². The first-order valence-electron chi connectivity index (χ1n) is 5.09. The van der Waals surface area contributed by atoms with Crippen molar-refractivity contribution in [3.63, 3.8) is 0 Å². The zero-order chi connectivity index (χ0) is 11.4. The van der Waals surface area contributed by atoms with Crippen molar-refractivity contribution in [2.24, 2.45) is 0 Å². The number of nitrogens with one attached hydrogen (secondary N) is 1. The Hall–Kier alpha value is -1.29. The van der Waals surface area contributed by atoms with Crippen LogP contribution in [-0.4, -0.2) is 23.7 Å². The Balaban J connectivity index is 2.77. The number of aliphatic hydroxyl groups excluding tert-OH is 1. The number of carbonyl (C=O) groups excluding carboxylic acids is 1. The molecule has 84 valence electrons. The van der Waals surface area contributed by atoms with Crippen LogP contribution >= 0.6 is 0 Å². The fourth-order valence-corrected chi connectivity index (χ4v) is 1.28. The van der Waals surface area contributed by atoms with E-state index >= 15 is 0 Å². The molecule has 0 aliphatic rings. The lowest BCUT2D eigenvalue weighted by Gasteiger charge is -2.09. The number of amides is 1. The molecule has 0 fully saturated rings. The van der Waals surface area contributed by atoms with Gasteiger partial charge in [-0.15, -0.1) is 0 Å². The zero-order valence-electron chi connectivity index (χ0n) is 9.33. The summed E-state index contributed by atoms with van der Waals surface area (Å²) in [5.41, 5.74) is 0.828. The summed E-state index contributed by atoms with van der Waals surface area (Å²) in [6, 6.07) is 1.60. The molecule has 1 rings (SSSR count). The molecule has 1 heterocycles. The average molecular weight is 211 g/mol. The van der Waals surface area contributed by atoms with E-state index in [4.69, 9.17) is 9.52 Å². The molecule has 1 aromatic heterocycles. The van der Waals surface area contributed by atoms with Crippen molar-refractivity contribution in [3.05, 3.63) is 23.2 Å². The van der Waals surface area contributed by atoms with Crippen molar-refractivity contribution in [2.45, 2.75) is 33.2 Å². The van der Waals surface area contributed by atoms with Crippen LogP contribution in [0.15, 0.2) is 10.5 Å². The third-order valence-electron chi connectivity index (χ3n) is 2.17. The van der Waals surface area contributed by atoms with Gasteiger partial charge < -0.3 is 14.8 Å². The van der Waals surface area contributed by atoms with Gasteiger partial charge in [0.15, 0.2) is 5.76 Å². The first-order valence-corrected chi connectivity index (χ1v) is 5.09. The highest BCUT2D eigenvalue weighted by atomic mass is 16.4. The number of rotatable bonds is 4. The predicted molar refractivity (Wildman–Crippen MR) is 56.8 cm³/mol. The molecular formula is C11H17NO3. The monoisotopic (exact) mass is 211 g/mol. The molecule has 0 spiro atoms. The molecule has 15 heavy (non-hydrogen) atoms. The molecule has 0 aliphatic carbocycles. The number of aliphatic hydroxyl groups is 1. The predicted octanol–water partition coefficient (Wildman–Crippen LogP) is 1.26. The van der Waals surface area contributed by atoms with Crippen molar-refractivity contribution in [2.75, 3.05) is 6.61 Å². The Morgan fingerprint density at radius 3 is 2.80 bits per heavy atom. The maximum absolute atomic E-state index is 11.6. The minimum Gasteiger partial charge on any atom is -0.456 e. The van der Waals surface area contributed by atoms with Gasteiger partial charge >= 0.3 is 0 Å². The number of hydrogen-bond donors (Lipinski definition) is 2. The van der Waals surface area contributed by atoms with Crippen molar-refractivity contribution in [3.8, 4) is 0 Å². The second-order valence-electron chi connectivity index (χ2n) is 3.64. The first kappa shape index (κ1) is 11.8.